The van der Waals surface area contributed by atoms with Crippen LogP contribution in [0.4, 0.5) is 0 Å². The molecule has 0 aliphatic carbocycles. The van der Waals surface area contributed by atoms with Crippen LogP contribution in [0.15, 0.2) is 6.20 Å². The maximum atomic E-state index is 12.9. The molecule has 1 N–H and O–H groups in total. The number of carbonyl (C=O) groups is 1. The molecule has 1 fully saturated rings. The van der Waals surface area contributed by atoms with Gasteiger partial charge in [0, 0.05) is 11.5 Å². The maximum absolute atomic E-state index is 12.9. The molecule has 0 saturated carbocycles. The van der Waals surface area contributed by atoms with Gasteiger partial charge in [0.05, 0.1) is 13.3 Å². The molecule has 1 aliphatic rings. The standard InChI is InChI=1S/C14H23N3O2/c1-10(2)17-12(11(19-4)9-16-17)13(18)14(3)5-7-15-8-6-14/h9-10,15H,5-8H2,1-4H3. The van der Waals surface area contributed by atoms with Crippen molar-refractivity contribution in [3.8, 4) is 5.75 Å². The van der Waals surface area contributed by atoms with Gasteiger partial charge in [0.25, 0.3) is 0 Å². The van der Waals surface area contributed by atoms with Crippen molar-refractivity contribution in [2.75, 3.05) is 20.2 Å². The number of nitrogens with one attached hydrogen (secondary N) is 1. The number of hydrogen-bond donors (Lipinski definition) is 1. The minimum absolute atomic E-state index is 0.146. The Morgan fingerprint density at radius 2 is 2.11 bits per heavy atom. The van der Waals surface area contributed by atoms with Crippen molar-refractivity contribution in [1.82, 2.24) is 15.1 Å². The number of rotatable bonds is 4. The molecule has 0 amide bonds. The molecular weight excluding hydrogens is 242 g/mol. The molecule has 0 unspecified atom stereocenters. The molecule has 0 radical (unpaired) electrons. The lowest BCUT2D eigenvalue weighted by Crippen LogP contribution is -2.41. The summed E-state index contributed by atoms with van der Waals surface area (Å²) in [6.07, 6.45) is 3.36. The minimum atomic E-state index is -0.314. The normalized spacial score (nSPS) is 18.6. The number of Topliss-reactive ketones (excluding diaryl/α,β-unsaturated/α-hetero) is 1. The second-order valence-electron chi connectivity index (χ2n) is 5.74. The number of piperidine rings is 1. The molecule has 0 spiro atoms. The molecule has 0 bridgehead atoms. The molecule has 0 aromatic carbocycles. The summed E-state index contributed by atoms with van der Waals surface area (Å²) >= 11 is 0. The number of carbonyl (C=O) groups excluding carboxylic acids is 1. The van der Waals surface area contributed by atoms with Crippen molar-refractivity contribution in [1.29, 1.82) is 0 Å². The van der Waals surface area contributed by atoms with Gasteiger partial charge < -0.3 is 10.1 Å². The fourth-order valence-electron chi connectivity index (χ4n) is 2.59. The van der Waals surface area contributed by atoms with Crippen LogP contribution in [0.25, 0.3) is 0 Å². The van der Waals surface area contributed by atoms with Crippen LogP contribution in [-0.4, -0.2) is 35.8 Å². The second kappa shape index (κ2) is 5.33. The Hall–Kier alpha value is -1.36. The van der Waals surface area contributed by atoms with Gasteiger partial charge >= 0.3 is 0 Å². The summed E-state index contributed by atoms with van der Waals surface area (Å²) in [6.45, 7) is 7.87. The highest BCUT2D eigenvalue weighted by molar-refractivity contribution is 6.01. The lowest BCUT2D eigenvalue weighted by atomic mass is 9.76. The summed E-state index contributed by atoms with van der Waals surface area (Å²) in [5.74, 6) is 0.732. The molecule has 2 heterocycles. The second-order valence-corrected chi connectivity index (χ2v) is 5.74. The van der Waals surface area contributed by atoms with E-state index in [0.29, 0.717) is 11.4 Å². The Balaban J connectivity index is 2.39. The number of ether oxygens (including phenoxy) is 1. The van der Waals surface area contributed by atoms with Crippen LogP contribution in [-0.2, 0) is 0 Å². The average Bonchev–Trinajstić information content (AvgIpc) is 2.82. The third-order valence-electron chi connectivity index (χ3n) is 3.94. The first-order valence-corrected chi connectivity index (χ1v) is 6.86. The van der Waals surface area contributed by atoms with Gasteiger partial charge in [0.2, 0.25) is 0 Å². The first-order chi connectivity index (χ1) is 8.99. The molecule has 1 aliphatic heterocycles. The molecule has 1 aromatic rings. The van der Waals surface area contributed by atoms with Crippen molar-refractivity contribution in [3.63, 3.8) is 0 Å². The number of aromatic nitrogens is 2. The van der Waals surface area contributed by atoms with Crippen molar-refractivity contribution in [2.45, 2.75) is 39.7 Å². The Bertz CT molecular complexity index is 459. The van der Waals surface area contributed by atoms with Crippen LogP contribution in [0.3, 0.4) is 0 Å². The van der Waals surface area contributed by atoms with Gasteiger partial charge in [-0.1, -0.05) is 6.92 Å². The maximum Gasteiger partial charge on any atom is 0.190 e. The average molecular weight is 265 g/mol. The van der Waals surface area contributed by atoms with Gasteiger partial charge in [-0.2, -0.15) is 5.10 Å². The summed E-state index contributed by atoms with van der Waals surface area (Å²) in [5.41, 5.74) is 0.299. The zero-order chi connectivity index (χ0) is 14.0. The first kappa shape index (κ1) is 14.1. The summed E-state index contributed by atoms with van der Waals surface area (Å²) in [6, 6.07) is 0.146. The van der Waals surface area contributed by atoms with Crippen LogP contribution in [0, 0.1) is 5.41 Å². The van der Waals surface area contributed by atoms with Crippen LogP contribution in [0.2, 0.25) is 0 Å². The molecule has 5 nitrogen and oxygen atoms in total. The lowest BCUT2D eigenvalue weighted by molar-refractivity contribution is 0.0744. The molecule has 106 valence electrons. The monoisotopic (exact) mass is 265 g/mol. The van der Waals surface area contributed by atoms with E-state index in [-0.39, 0.29) is 17.2 Å². The Morgan fingerprint density at radius 1 is 1.47 bits per heavy atom. The van der Waals surface area contributed by atoms with E-state index >= 15 is 0 Å². The Kier molecular flexibility index (Phi) is 3.94. The highest BCUT2D eigenvalue weighted by Gasteiger charge is 2.38. The van der Waals surface area contributed by atoms with Gasteiger partial charge in [-0.25, -0.2) is 0 Å². The SMILES string of the molecule is COc1cnn(C(C)C)c1C(=O)C1(C)CCNCC1. The van der Waals surface area contributed by atoms with E-state index in [1.165, 1.54) is 0 Å². The zero-order valence-corrected chi connectivity index (χ0v) is 12.2. The highest BCUT2D eigenvalue weighted by atomic mass is 16.5. The molecule has 1 aromatic heterocycles. The third kappa shape index (κ3) is 2.52. The number of methoxy groups -OCH3 is 1. The van der Waals surface area contributed by atoms with Crippen molar-refractivity contribution >= 4 is 5.78 Å². The molecule has 1 saturated heterocycles. The molecule has 0 atom stereocenters. The van der Waals surface area contributed by atoms with Gasteiger partial charge in [0.1, 0.15) is 5.69 Å². The van der Waals surface area contributed by atoms with E-state index in [0.717, 1.165) is 25.9 Å². The van der Waals surface area contributed by atoms with Crippen LogP contribution < -0.4 is 10.1 Å². The zero-order valence-electron chi connectivity index (χ0n) is 12.2. The first-order valence-electron chi connectivity index (χ1n) is 6.86. The van der Waals surface area contributed by atoms with Crippen LogP contribution in [0.5, 0.6) is 5.75 Å². The minimum Gasteiger partial charge on any atom is -0.493 e. The van der Waals surface area contributed by atoms with Gasteiger partial charge in [-0.15, -0.1) is 0 Å². The predicted octanol–water partition coefficient (Wildman–Crippen LogP) is 2.04. The van der Waals surface area contributed by atoms with Crippen LogP contribution >= 0.6 is 0 Å². The summed E-state index contributed by atoms with van der Waals surface area (Å²) in [5, 5.41) is 7.59. The fourth-order valence-corrected chi connectivity index (χ4v) is 2.59. The topological polar surface area (TPSA) is 56.2 Å². The summed E-state index contributed by atoms with van der Waals surface area (Å²) in [7, 11) is 1.59. The smallest absolute Gasteiger partial charge is 0.190 e. The number of ketones is 1. The fraction of sp³-hybridized carbons (Fsp3) is 0.714. The molecular formula is C14H23N3O2. The van der Waals surface area contributed by atoms with E-state index in [9.17, 15) is 4.79 Å². The molecule has 5 heteroatoms. The summed E-state index contributed by atoms with van der Waals surface area (Å²) < 4.78 is 7.09. The van der Waals surface area contributed by atoms with Crippen LogP contribution in [0.1, 0.15) is 50.1 Å². The van der Waals surface area contributed by atoms with Crippen molar-refractivity contribution in [3.05, 3.63) is 11.9 Å². The van der Waals surface area contributed by atoms with E-state index in [1.807, 2.05) is 20.8 Å². The van der Waals surface area contributed by atoms with Gasteiger partial charge in [-0.05, 0) is 39.8 Å². The lowest BCUT2D eigenvalue weighted by Gasteiger charge is -2.32. The van der Waals surface area contributed by atoms with E-state index in [1.54, 1.807) is 18.0 Å². The van der Waals surface area contributed by atoms with E-state index in [2.05, 4.69) is 10.4 Å². The Morgan fingerprint density at radius 3 is 2.63 bits per heavy atom. The Labute approximate surface area is 114 Å². The van der Waals surface area contributed by atoms with Gasteiger partial charge in [-0.3, -0.25) is 9.48 Å². The summed E-state index contributed by atoms with van der Waals surface area (Å²) in [4.78, 5) is 12.9. The molecule has 19 heavy (non-hydrogen) atoms. The number of nitrogens with zero attached hydrogens (tertiary/aromatic N) is 2. The van der Waals surface area contributed by atoms with E-state index in [4.69, 9.17) is 4.74 Å². The quantitative estimate of drug-likeness (QED) is 0.846. The van der Waals surface area contributed by atoms with Crippen molar-refractivity contribution < 1.29 is 9.53 Å². The largest absolute Gasteiger partial charge is 0.493 e. The van der Waals surface area contributed by atoms with Crippen molar-refractivity contribution in [2.24, 2.45) is 5.41 Å². The third-order valence-corrected chi connectivity index (χ3v) is 3.94. The predicted molar refractivity (Wildman–Crippen MR) is 73.7 cm³/mol. The highest BCUT2D eigenvalue weighted by Crippen LogP contribution is 2.35. The van der Waals surface area contributed by atoms with E-state index < -0.39 is 0 Å². The number of hydrogen-bond acceptors (Lipinski definition) is 4. The molecule has 2 rings (SSSR count). The van der Waals surface area contributed by atoms with Gasteiger partial charge in [0.15, 0.2) is 11.5 Å².